The highest BCUT2D eigenvalue weighted by atomic mass is 19.1. The molecule has 4 aromatic rings. The minimum absolute atomic E-state index is 0.236. The molecule has 3 aromatic heterocycles. The van der Waals surface area contributed by atoms with Gasteiger partial charge in [0, 0.05) is 5.56 Å². The number of pyridine rings is 1. The number of aromatic nitrogens is 4. The first-order chi connectivity index (χ1) is 11.3. The number of halogens is 1. The highest BCUT2D eigenvalue weighted by molar-refractivity contribution is 6.03. The van der Waals surface area contributed by atoms with Crippen molar-refractivity contribution >= 4 is 22.0 Å². The van der Waals surface area contributed by atoms with Gasteiger partial charge in [-0.2, -0.15) is 5.10 Å². The second-order valence-electron chi connectivity index (χ2n) is 5.88. The standard InChI is InChI=1S/C17H13FN4O/c18-12-5-2-1-4-10(12)9-22-17-11(8-19-22)16-15-13(20-17)6-3-7-14(15)21-23-16/h1-2,4-5,8H,3,6-7,9H2. The van der Waals surface area contributed by atoms with Gasteiger partial charge in [0.15, 0.2) is 11.2 Å². The Bertz CT molecular complexity index is 1050. The van der Waals surface area contributed by atoms with Crippen molar-refractivity contribution in [1.82, 2.24) is 19.9 Å². The second kappa shape index (κ2) is 4.62. The zero-order chi connectivity index (χ0) is 15.4. The fourth-order valence-corrected chi connectivity index (χ4v) is 3.32. The summed E-state index contributed by atoms with van der Waals surface area (Å²) in [6.07, 6.45) is 4.59. The Morgan fingerprint density at radius 3 is 2.96 bits per heavy atom. The molecule has 0 radical (unpaired) electrons. The molecular formula is C17H13FN4O. The summed E-state index contributed by atoms with van der Waals surface area (Å²) in [5.41, 5.74) is 4.05. The van der Waals surface area contributed by atoms with Crippen LogP contribution in [0, 0.1) is 5.82 Å². The molecule has 3 heterocycles. The fourth-order valence-electron chi connectivity index (χ4n) is 3.32. The predicted molar refractivity (Wildman–Crippen MR) is 82.6 cm³/mol. The quantitative estimate of drug-likeness (QED) is 0.570. The molecule has 6 heteroatoms. The van der Waals surface area contributed by atoms with Gasteiger partial charge in [0.05, 0.1) is 34.9 Å². The third-order valence-corrected chi connectivity index (χ3v) is 4.45. The van der Waals surface area contributed by atoms with Crippen molar-refractivity contribution in [2.75, 3.05) is 0 Å². The van der Waals surface area contributed by atoms with E-state index >= 15 is 0 Å². The molecule has 0 aliphatic heterocycles. The molecule has 0 saturated heterocycles. The maximum atomic E-state index is 13.9. The normalized spacial score (nSPS) is 14.0. The third kappa shape index (κ3) is 1.81. The summed E-state index contributed by atoms with van der Waals surface area (Å²) in [6.45, 7) is 0.342. The number of aryl methyl sites for hydroxylation is 2. The summed E-state index contributed by atoms with van der Waals surface area (Å²) in [7, 11) is 0. The minimum atomic E-state index is -0.236. The molecule has 0 fully saturated rings. The first-order valence-corrected chi connectivity index (χ1v) is 7.67. The van der Waals surface area contributed by atoms with Crippen LogP contribution < -0.4 is 0 Å². The van der Waals surface area contributed by atoms with Gasteiger partial charge >= 0.3 is 0 Å². The van der Waals surface area contributed by atoms with E-state index in [1.807, 2.05) is 6.07 Å². The summed E-state index contributed by atoms with van der Waals surface area (Å²) >= 11 is 0. The molecule has 1 aromatic carbocycles. The van der Waals surface area contributed by atoms with E-state index < -0.39 is 0 Å². The Kier molecular flexibility index (Phi) is 2.56. The Balaban J connectivity index is 1.72. The van der Waals surface area contributed by atoms with Crippen LogP contribution in [-0.2, 0) is 19.4 Å². The zero-order valence-electron chi connectivity index (χ0n) is 12.3. The van der Waals surface area contributed by atoms with Crippen molar-refractivity contribution < 1.29 is 8.91 Å². The molecular weight excluding hydrogens is 295 g/mol. The number of nitrogens with zero attached hydrogens (tertiary/aromatic N) is 4. The molecule has 1 aliphatic rings. The van der Waals surface area contributed by atoms with Gasteiger partial charge in [0.1, 0.15) is 5.82 Å². The molecule has 0 spiro atoms. The van der Waals surface area contributed by atoms with E-state index in [-0.39, 0.29) is 5.82 Å². The zero-order valence-corrected chi connectivity index (χ0v) is 12.3. The molecule has 0 saturated carbocycles. The van der Waals surface area contributed by atoms with Crippen molar-refractivity contribution in [2.24, 2.45) is 0 Å². The predicted octanol–water partition coefficient (Wildman–Crippen LogP) is 3.25. The van der Waals surface area contributed by atoms with Gasteiger partial charge < -0.3 is 4.52 Å². The van der Waals surface area contributed by atoms with Gasteiger partial charge in [-0.25, -0.2) is 14.1 Å². The molecule has 1 aliphatic carbocycles. The number of fused-ring (bicyclic) bond motifs is 2. The van der Waals surface area contributed by atoms with E-state index in [1.54, 1.807) is 23.0 Å². The Morgan fingerprint density at radius 2 is 2.04 bits per heavy atom. The molecule has 23 heavy (non-hydrogen) atoms. The van der Waals surface area contributed by atoms with Crippen molar-refractivity contribution in [3.8, 4) is 0 Å². The molecule has 0 unspecified atom stereocenters. The maximum absolute atomic E-state index is 13.9. The van der Waals surface area contributed by atoms with Crippen LogP contribution in [0.2, 0.25) is 0 Å². The highest BCUT2D eigenvalue weighted by Crippen LogP contribution is 2.33. The molecule has 0 N–H and O–H groups in total. The summed E-state index contributed by atoms with van der Waals surface area (Å²) in [5.74, 6) is -0.236. The first kappa shape index (κ1) is 12.8. The van der Waals surface area contributed by atoms with Gasteiger partial charge in [-0.3, -0.25) is 0 Å². The lowest BCUT2D eigenvalue weighted by Gasteiger charge is -2.10. The highest BCUT2D eigenvalue weighted by Gasteiger charge is 2.23. The molecule has 5 nitrogen and oxygen atoms in total. The third-order valence-electron chi connectivity index (χ3n) is 4.45. The lowest BCUT2D eigenvalue weighted by Crippen LogP contribution is -2.07. The van der Waals surface area contributed by atoms with Crippen LogP contribution >= 0.6 is 0 Å². The van der Waals surface area contributed by atoms with E-state index in [2.05, 4.69) is 10.3 Å². The summed E-state index contributed by atoms with van der Waals surface area (Å²) in [5, 5.41) is 10.4. The molecule has 0 bridgehead atoms. The van der Waals surface area contributed by atoms with Gasteiger partial charge in [-0.15, -0.1) is 0 Å². The molecule has 114 valence electrons. The van der Waals surface area contributed by atoms with E-state index in [0.29, 0.717) is 12.1 Å². The van der Waals surface area contributed by atoms with E-state index in [1.165, 1.54) is 6.07 Å². The van der Waals surface area contributed by atoms with Crippen LogP contribution in [-0.4, -0.2) is 19.9 Å². The lowest BCUT2D eigenvalue weighted by molar-refractivity contribution is 0.447. The first-order valence-electron chi connectivity index (χ1n) is 7.67. The topological polar surface area (TPSA) is 56.7 Å². The Hall–Kier alpha value is -2.76. The van der Waals surface area contributed by atoms with Crippen LogP contribution in [0.25, 0.3) is 22.0 Å². The second-order valence-corrected chi connectivity index (χ2v) is 5.88. The van der Waals surface area contributed by atoms with E-state index in [0.717, 1.165) is 52.7 Å². The number of hydrogen-bond donors (Lipinski definition) is 0. The summed E-state index contributed by atoms with van der Waals surface area (Å²) in [4.78, 5) is 4.77. The van der Waals surface area contributed by atoms with E-state index in [4.69, 9.17) is 9.51 Å². The average molecular weight is 308 g/mol. The van der Waals surface area contributed by atoms with Gasteiger partial charge in [0.25, 0.3) is 0 Å². The van der Waals surface area contributed by atoms with Gasteiger partial charge in [-0.05, 0) is 25.3 Å². The fraction of sp³-hybridized carbons (Fsp3) is 0.235. The average Bonchev–Trinajstić information content (AvgIpc) is 3.16. The minimum Gasteiger partial charge on any atom is -0.355 e. The monoisotopic (exact) mass is 308 g/mol. The number of hydrogen-bond acceptors (Lipinski definition) is 4. The smallest absolute Gasteiger partial charge is 0.181 e. The van der Waals surface area contributed by atoms with Crippen molar-refractivity contribution in [3.05, 3.63) is 53.2 Å². The maximum Gasteiger partial charge on any atom is 0.181 e. The summed E-state index contributed by atoms with van der Waals surface area (Å²) < 4.78 is 21.2. The Morgan fingerprint density at radius 1 is 1.17 bits per heavy atom. The molecule has 5 rings (SSSR count). The van der Waals surface area contributed by atoms with E-state index in [9.17, 15) is 4.39 Å². The summed E-state index contributed by atoms with van der Waals surface area (Å²) in [6, 6.07) is 6.72. The SMILES string of the molecule is Fc1ccccc1Cn1ncc2c3onc4c3c(nc21)CCC4. The van der Waals surface area contributed by atoms with Crippen LogP contribution in [0.5, 0.6) is 0 Å². The molecule has 0 amide bonds. The molecule has 0 atom stereocenters. The Labute approximate surface area is 130 Å². The van der Waals surface area contributed by atoms with Gasteiger partial charge in [0.2, 0.25) is 0 Å². The number of rotatable bonds is 2. The van der Waals surface area contributed by atoms with Crippen molar-refractivity contribution in [1.29, 1.82) is 0 Å². The number of benzene rings is 1. The van der Waals surface area contributed by atoms with Gasteiger partial charge in [-0.1, -0.05) is 23.4 Å². The van der Waals surface area contributed by atoms with Crippen molar-refractivity contribution in [2.45, 2.75) is 25.8 Å². The lowest BCUT2D eigenvalue weighted by atomic mass is 9.99. The largest absolute Gasteiger partial charge is 0.355 e. The van der Waals surface area contributed by atoms with Crippen LogP contribution in [0.15, 0.2) is 35.0 Å². The van der Waals surface area contributed by atoms with Crippen molar-refractivity contribution in [3.63, 3.8) is 0 Å². The van der Waals surface area contributed by atoms with Crippen LogP contribution in [0.3, 0.4) is 0 Å². The van der Waals surface area contributed by atoms with Crippen LogP contribution in [0.1, 0.15) is 23.4 Å². The van der Waals surface area contributed by atoms with Crippen LogP contribution in [0.4, 0.5) is 4.39 Å².